The van der Waals surface area contributed by atoms with Crippen molar-refractivity contribution in [1.29, 1.82) is 0 Å². The molecule has 1 aliphatic rings. The van der Waals surface area contributed by atoms with Gasteiger partial charge in [-0.15, -0.1) is 0 Å². The lowest BCUT2D eigenvalue weighted by Crippen LogP contribution is -3.16. The molecule has 1 amide bonds. The van der Waals surface area contributed by atoms with Gasteiger partial charge in [-0.05, 0) is 31.5 Å². The third kappa shape index (κ3) is 5.00. The average Bonchev–Trinajstić information content (AvgIpc) is 2.44. The van der Waals surface area contributed by atoms with E-state index in [1.807, 2.05) is 14.1 Å². The Morgan fingerprint density at radius 2 is 1.82 bits per heavy atom. The second-order valence-electron chi connectivity index (χ2n) is 6.43. The second-order valence-corrected chi connectivity index (χ2v) is 6.43. The summed E-state index contributed by atoms with van der Waals surface area (Å²) in [6.45, 7) is 7.04. The molecule has 0 aromatic heterocycles. The van der Waals surface area contributed by atoms with Crippen molar-refractivity contribution >= 4 is 11.6 Å². The maximum absolute atomic E-state index is 12.1. The summed E-state index contributed by atoms with van der Waals surface area (Å²) >= 11 is 0. The summed E-state index contributed by atoms with van der Waals surface area (Å²) in [5.41, 5.74) is 2.29. The molecule has 0 unspecified atom stereocenters. The molecular weight excluding hydrogens is 278 g/mol. The number of hydrogen-bond acceptors (Lipinski definition) is 3. The minimum Gasteiger partial charge on any atom is -0.378 e. The highest BCUT2D eigenvalue weighted by Crippen LogP contribution is 2.11. The van der Waals surface area contributed by atoms with Crippen LogP contribution < -0.4 is 15.1 Å². The number of nitrogens with zero attached hydrogens (tertiary/aromatic N) is 1. The standard InChI is InChI=1S/C17H27N3O2/c1-13-10-20(11-14(2)22-13)12-17(21)18-9-15-5-7-16(8-6-15)19(3)4/h5-8,13-14H,9-12H2,1-4H3,(H,18,21)/p+1/t13-,14-/m1/s1. The normalized spacial score (nSPS) is 24.8. The Morgan fingerprint density at radius 1 is 1.23 bits per heavy atom. The monoisotopic (exact) mass is 306 g/mol. The number of hydrogen-bond donors (Lipinski definition) is 2. The predicted molar refractivity (Wildman–Crippen MR) is 88.2 cm³/mol. The SMILES string of the molecule is C[C@@H]1C[NH+](CC(=O)NCc2ccc(N(C)C)cc2)C[C@@H](C)O1. The van der Waals surface area contributed by atoms with Gasteiger partial charge in [0.2, 0.25) is 0 Å². The second kappa shape index (κ2) is 7.61. The van der Waals surface area contributed by atoms with Crippen LogP contribution in [0.3, 0.4) is 0 Å². The van der Waals surface area contributed by atoms with Crippen molar-refractivity contribution in [2.24, 2.45) is 0 Å². The largest absolute Gasteiger partial charge is 0.378 e. The van der Waals surface area contributed by atoms with Crippen LogP contribution in [0.4, 0.5) is 5.69 Å². The van der Waals surface area contributed by atoms with Crippen molar-refractivity contribution in [3.05, 3.63) is 29.8 Å². The number of carbonyl (C=O) groups is 1. The van der Waals surface area contributed by atoms with Crippen LogP contribution >= 0.6 is 0 Å². The Balaban J connectivity index is 1.77. The molecule has 5 nitrogen and oxygen atoms in total. The van der Waals surface area contributed by atoms with Crippen LogP contribution in [0.1, 0.15) is 19.4 Å². The van der Waals surface area contributed by atoms with Crippen LogP contribution in [0.2, 0.25) is 0 Å². The first-order chi connectivity index (χ1) is 10.4. The number of ether oxygens (including phenoxy) is 1. The Kier molecular flexibility index (Phi) is 5.80. The molecule has 5 heteroatoms. The summed E-state index contributed by atoms with van der Waals surface area (Å²) in [5.74, 6) is 0.105. The third-order valence-electron chi connectivity index (χ3n) is 3.97. The van der Waals surface area contributed by atoms with E-state index in [1.165, 1.54) is 4.90 Å². The molecule has 2 N–H and O–H groups in total. The van der Waals surface area contributed by atoms with E-state index >= 15 is 0 Å². The zero-order valence-corrected chi connectivity index (χ0v) is 14.1. The molecule has 1 saturated heterocycles. The van der Waals surface area contributed by atoms with E-state index in [0.717, 1.165) is 24.3 Å². The lowest BCUT2D eigenvalue weighted by atomic mass is 10.2. The van der Waals surface area contributed by atoms with Crippen molar-refractivity contribution < 1.29 is 14.4 Å². The highest BCUT2D eigenvalue weighted by Gasteiger charge is 2.26. The number of morpholine rings is 1. The van der Waals surface area contributed by atoms with Crippen molar-refractivity contribution in [2.45, 2.75) is 32.6 Å². The Morgan fingerprint density at radius 3 is 2.36 bits per heavy atom. The molecule has 122 valence electrons. The molecule has 1 aromatic carbocycles. The van der Waals surface area contributed by atoms with E-state index in [4.69, 9.17) is 4.74 Å². The van der Waals surface area contributed by atoms with E-state index in [2.05, 4.69) is 48.3 Å². The first-order valence-electron chi connectivity index (χ1n) is 7.96. The molecule has 0 bridgehead atoms. The summed E-state index contributed by atoms with van der Waals surface area (Å²) in [4.78, 5) is 15.5. The van der Waals surface area contributed by atoms with Crippen LogP contribution in [0.15, 0.2) is 24.3 Å². The van der Waals surface area contributed by atoms with Gasteiger partial charge >= 0.3 is 0 Å². The minimum absolute atomic E-state index is 0.105. The van der Waals surface area contributed by atoms with E-state index in [-0.39, 0.29) is 18.1 Å². The number of amides is 1. The fourth-order valence-corrected chi connectivity index (χ4v) is 2.94. The van der Waals surface area contributed by atoms with Gasteiger partial charge in [-0.3, -0.25) is 4.79 Å². The third-order valence-corrected chi connectivity index (χ3v) is 3.97. The fraction of sp³-hybridized carbons (Fsp3) is 0.588. The van der Waals surface area contributed by atoms with E-state index < -0.39 is 0 Å². The molecule has 0 saturated carbocycles. The topological polar surface area (TPSA) is 46.0 Å². The number of nitrogens with one attached hydrogen (secondary N) is 2. The molecule has 0 radical (unpaired) electrons. The highest BCUT2D eigenvalue weighted by molar-refractivity contribution is 5.76. The van der Waals surface area contributed by atoms with Crippen molar-refractivity contribution in [3.63, 3.8) is 0 Å². The van der Waals surface area contributed by atoms with Gasteiger partial charge in [0.15, 0.2) is 6.54 Å². The van der Waals surface area contributed by atoms with Crippen molar-refractivity contribution in [3.8, 4) is 0 Å². The van der Waals surface area contributed by atoms with E-state index in [0.29, 0.717) is 13.1 Å². The molecule has 22 heavy (non-hydrogen) atoms. The average molecular weight is 306 g/mol. The molecule has 1 heterocycles. The summed E-state index contributed by atoms with van der Waals surface area (Å²) in [6.07, 6.45) is 0.454. The predicted octanol–water partition coefficient (Wildman–Crippen LogP) is 0.0609. The van der Waals surface area contributed by atoms with E-state index in [9.17, 15) is 4.79 Å². The quantitative estimate of drug-likeness (QED) is 0.809. The highest BCUT2D eigenvalue weighted by atomic mass is 16.5. The summed E-state index contributed by atoms with van der Waals surface area (Å²) < 4.78 is 5.70. The lowest BCUT2D eigenvalue weighted by Gasteiger charge is -2.31. The zero-order valence-electron chi connectivity index (χ0n) is 14.1. The van der Waals surface area contributed by atoms with E-state index in [1.54, 1.807) is 0 Å². The summed E-state index contributed by atoms with van der Waals surface area (Å²) in [7, 11) is 4.04. The van der Waals surface area contributed by atoms with Gasteiger partial charge in [-0.1, -0.05) is 12.1 Å². The van der Waals surface area contributed by atoms with Crippen LogP contribution in [0.25, 0.3) is 0 Å². The molecular formula is C17H28N3O2+. The Bertz CT molecular complexity index is 477. The van der Waals surface area contributed by atoms with Gasteiger partial charge in [-0.2, -0.15) is 0 Å². The van der Waals surface area contributed by atoms with Gasteiger partial charge in [0.05, 0.1) is 0 Å². The number of anilines is 1. The number of rotatable bonds is 5. The minimum atomic E-state index is 0.105. The number of quaternary nitrogens is 1. The maximum atomic E-state index is 12.1. The molecule has 0 spiro atoms. The Labute approximate surface area is 133 Å². The first-order valence-corrected chi connectivity index (χ1v) is 7.96. The first kappa shape index (κ1) is 16.8. The van der Waals surface area contributed by atoms with Crippen molar-refractivity contribution in [1.82, 2.24) is 5.32 Å². The smallest absolute Gasteiger partial charge is 0.275 e. The molecule has 2 rings (SSSR count). The molecule has 0 aliphatic carbocycles. The zero-order chi connectivity index (χ0) is 16.1. The van der Waals surface area contributed by atoms with Crippen LogP contribution in [0.5, 0.6) is 0 Å². The van der Waals surface area contributed by atoms with Crippen LogP contribution in [-0.2, 0) is 16.1 Å². The maximum Gasteiger partial charge on any atom is 0.275 e. The Hall–Kier alpha value is -1.59. The molecule has 1 fully saturated rings. The van der Waals surface area contributed by atoms with Crippen LogP contribution in [0, 0.1) is 0 Å². The van der Waals surface area contributed by atoms with Gasteiger partial charge < -0.3 is 19.9 Å². The molecule has 1 aliphatic heterocycles. The van der Waals surface area contributed by atoms with Gasteiger partial charge in [0.1, 0.15) is 25.3 Å². The molecule has 1 aromatic rings. The van der Waals surface area contributed by atoms with Crippen molar-refractivity contribution in [2.75, 3.05) is 38.6 Å². The van der Waals surface area contributed by atoms with Crippen LogP contribution in [-0.4, -0.2) is 51.8 Å². The number of benzene rings is 1. The summed E-state index contributed by atoms with van der Waals surface area (Å²) in [6, 6.07) is 8.25. The van der Waals surface area contributed by atoms with Gasteiger partial charge in [0, 0.05) is 26.3 Å². The van der Waals surface area contributed by atoms with Gasteiger partial charge in [-0.25, -0.2) is 0 Å². The summed E-state index contributed by atoms with van der Waals surface area (Å²) in [5, 5.41) is 3.01. The number of carbonyl (C=O) groups excluding carboxylic acids is 1. The fourth-order valence-electron chi connectivity index (χ4n) is 2.94. The lowest BCUT2D eigenvalue weighted by molar-refractivity contribution is -0.907. The van der Waals surface area contributed by atoms with Gasteiger partial charge in [0.25, 0.3) is 5.91 Å². The molecule has 2 atom stereocenters.